The van der Waals surface area contributed by atoms with Crippen LogP contribution >= 0.6 is 24.0 Å². The summed E-state index contributed by atoms with van der Waals surface area (Å²) in [5.41, 5.74) is 1.32. The Balaban J connectivity index is 2.89. The summed E-state index contributed by atoms with van der Waals surface area (Å²) in [4.78, 5) is 0. The van der Waals surface area contributed by atoms with E-state index in [-0.39, 0.29) is 4.75 Å². The fourth-order valence-corrected chi connectivity index (χ4v) is 2.26. The lowest BCUT2D eigenvalue weighted by molar-refractivity contribution is 0.788. The summed E-state index contributed by atoms with van der Waals surface area (Å²) in [6.07, 6.45) is 0. The van der Waals surface area contributed by atoms with E-state index >= 15 is 0 Å². The molecule has 0 aromatic heterocycles. The maximum Gasteiger partial charge on any atom is 0.0401 e. The highest BCUT2D eigenvalue weighted by molar-refractivity contribution is 8.21. The lowest BCUT2D eigenvalue weighted by Crippen LogP contribution is -2.10. The topological polar surface area (TPSA) is 0 Å². The molecule has 0 amide bonds. The molecule has 0 aliphatic heterocycles. The van der Waals surface area contributed by atoms with Crippen molar-refractivity contribution in [2.45, 2.75) is 18.6 Å². The van der Waals surface area contributed by atoms with E-state index in [2.05, 4.69) is 38.1 Å². The van der Waals surface area contributed by atoms with Gasteiger partial charge in [0, 0.05) is 9.45 Å². The molecule has 1 rings (SSSR count). The van der Waals surface area contributed by atoms with Gasteiger partial charge in [-0.3, -0.25) is 0 Å². The van der Waals surface area contributed by atoms with E-state index in [1.807, 2.05) is 6.07 Å². The standard InChI is InChI=1S/C10H12S2/c1-10(2,12-8-11)9-6-4-3-5-7-9/h3-8H,1-2H3. The highest BCUT2D eigenvalue weighted by Gasteiger charge is 2.18. The van der Waals surface area contributed by atoms with Gasteiger partial charge in [-0.25, -0.2) is 0 Å². The zero-order valence-corrected chi connectivity index (χ0v) is 8.91. The normalized spacial score (nSPS) is 11.2. The minimum atomic E-state index is 0.100. The number of rotatable bonds is 3. The molecule has 1 aromatic carbocycles. The molecule has 12 heavy (non-hydrogen) atoms. The molecule has 0 fully saturated rings. The summed E-state index contributed by atoms with van der Waals surface area (Å²) >= 11 is 6.51. The summed E-state index contributed by atoms with van der Waals surface area (Å²) in [5.74, 6) is 0. The summed E-state index contributed by atoms with van der Waals surface area (Å²) in [5, 5.41) is 0. The predicted octanol–water partition coefficient (Wildman–Crippen LogP) is 3.61. The van der Waals surface area contributed by atoms with Crippen LogP contribution in [-0.4, -0.2) is 4.70 Å². The zero-order chi connectivity index (χ0) is 9.03. The minimum absolute atomic E-state index is 0.100. The molecule has 0 spiro atoms. The van der Waals surface area contributed by atoms with Gasteiger partial charge in [0.25, 0.3) is 0 Å². The van der Waals surface area contributed by atoms with Crippen LogP contribution in [0, 0.1) is 0 Å². The van der Waals surface area contributed by atoms with Gasteiger partial charge in [0.15, 0.2) is 0 Å². The maximum atomic E-state index is 4.84. The van der Waals surface area contributed by atoms with Crippen LogP contribution in [0.1, 0.15) is 19.4 Å². The molecule has 0 saturated carbocycles. The second-order valence-corrected chi connectivity index (χ2v) is 5.12. The van der Waals surface area contributed by atoms with Gasteiger partial charge in [0.2, 0.25) is 0 Å². The molecular weight excluding hydrogens is 184 g/mol. The smallest absolute Gasteiger partial charge is 0.0401 e. The quantitative estimate of drug-likeness (QED) is 0.677. The van der Waals surface area contributed by atoms with Gasteiger partial charge in [0.05, 0.1) is 0 Å². The van der Waals surface area contributed by atoms with E-state index in [0.717, 1.165) is 0 Å². The van der Waals surface area contributed by atoms with Gasteiger partial charge < -0.3 is 0 Å². The number of hydrogen-bond donors (Lipinski definition) is 0. The molecule has 0 saturated heterocycles. The summed E-state index contributed by atoms with van der Waals surface area (Å²) in [6, 6.07) is 10.4. The first kappa shape index (κ1) is 9.75. The first-order valence-electron chi connectivity index (χ1n) is 3.84. The van der Waals surface area contributed by atoms with Crippen molar-refractivity contribution in [3.63, 3.8) is 0 Å². The van der Waals surface area contributed by atoms with Crippen LogP contribution in [0.3, 0.4) is 0 Å². The third-order valence-electron chi connectivity index (χ3n) is 1.81. The van der Waals surface area contributed by atoms with Crippen molar-refractivity contribution in [1.82, 2.24) is 0 Å². The van der Waals surface area contributed by atoms with Crippen molar-refractivity contribution in [1.29, 1.82) is 0 Å². The Morgan fingerprint density at radius 2 is 1.83 bits per heavy atom. The van der Waals surface area contributed by atoms with Crippen LogP contribution in [0.15, 0.2) is 30.3 Å². The lowest BCUT2D eigenvalue weighted by atomic mass is 10.0. The molecule has 2 heteroatoms. The van der Waals surface area contributed by atoms with E-state index in [0.29, 0.717) is 0 Å². The Labute approximate surface area is 83.4 Å². The van der Waals surface area contributed by atoms with Crippen LogP contribution in [0.2, 0.25) is 0 Å². The van der Waals surface area contributed by atoms with Crippen molar-refractivity contribution in [2.75, 3.05) is 0 Å². The Morgan fingerprint density at radius 3 is 2.33 bits per heavy atom. The fraction of sp³-hybridized carbons (Fsp3) is 0.300. The van der Waals surface area contributed by atoms with Crippen LogP contribution in [0.5, 0.6) is 0 Å². The van der Waals surface area contributed by atoms with Gasteiger partial charge in [-0.2, -0.15) is 0 Å². The number of thiocarbonyl (C=S) groups is 1. The predicted molar refractivity (Wildman–Crippen MR) is 60.7 cm³/mol. The molecule has 0 aliphatic rings. The average Bonchev–Trinajstić information content (AvgIpc) is 2.06. The van der Waals surface area contributed by atoms with Gasteiger partial charge in [0.1, 0.15) is 0 Å². The summed E-state index contributed by atoms with van der Waals surface area (Å²) in [7, 11) is 0. The van der Waals surface area contributed by atoms with Crippen molar-refractivity contribution >= 4 is 28.7 Å². The van der Waals surface area contributed by atoms with Crippen LogP contribution in [0.4, 0.5) is 0 Å². The summed E-state index contributed by atoms with van der Waals surface area (Å²) < 4.78 is 1.83. The maximum absolute atomic E-state index is 4.84. The van der Waals surface area contributed by atoms with Crippen molar-refractivity contribution in [3.05, 3.63) is 35.9 Å². The third-order valence-corrected chi connectivity index (χ3v) is 3.02. The fourth-order valence-electron chi connectivity index (χ4n) is 1.03. The third kappa shape index (κ3) is 2.32. The lowest BCUT2D eigenvalue weighted by Gasteiger charge is -2.21. The van der Waals surface area contributed by atoms with Crippen LogP contribution in [-0.2, 0) is 4.75 Å². The molecule has 64 valence electrons. The molecule has 0 radical (unpaired) electrons. The number of hydrogen-bond acceptors (Lipinski definition) is 2. The van der Waals surface area contributed by atoms with E-state index < -0.39 is 0 Å². The van der Waals surface area contributed by atoms with E-state index in [9.17, 15) is 0 Å². The van der Waals surface area contributed by atoms with Crippen molar-refractivity contribution < 1.29 is 0 Å². The number of thioether (sulfide) groups is 1. The highest BCUT2D eigenvalue weighted by Crippen LogP contribution is 2.33. The van der Waals surface area contributed by atoms with Gasteiger partial charge in [-0.15, -0.1) is 11.8 Å². The average molecular weight is 196 g/mol. The zero-order valence-electron chi connectivity index (χ0n) is 7.28. The van der Waals surface area contributed by atoms with Crippen LogP contribution in [0.25, 0.3) is 0 Å². The van der Waals surface area contributed by atoms with Crippen molar-refractivity contribution in [3.8, 4) is 0 Å². The first-order chi connectivity index (χ1) is 5.67. The largest absolute Gasteiger partial charge is 0.111 e. The Hall–Kier alpha value is -0.340. The summed E-state index contributed by atoms with van der Waals surface area (Å²) in [6.45, 7) is 4.35. The van der Waals surface area contributed by atoms with Crippen molar-refractivity contribution in [2.24, 2.45) is 0 Å². The minimum Gasteiger partial charge on any atom is -0.111 e. The molecule has 0 aliphatic carbocycles. The molecule has 0 atom stereocenters. The second-order valence-electron chi connectivity index (χ2n) is 3.09. The number of benzene rings is 1. The van der Waals surface area contributed by atoms with E-state index in [1.54, 1.807) is 16.5 Å². The van der Waals surface area contributed by atoms with Crippen LogP contribution < -0.4 is 0 Å². The Kier molecular flexibility index (Phi) is 3.29. The van der Waals surface area contributed by atoms with E-state index in [1.165, 1.54) is 5.56 Å². The van der Waals surface area contributed by atoms with Gasteiger partial charge >= 0.3 is 0 Å². The molecule has 0 bridgehead atoms. The van der Waals surface area contributed by atoms with E-state index in [4.69, 9.17) is 12.2 Å². The Bertz CT molecular complexity index is 252. The molecule has 0 N–H and O–H groups in total. The monoisotopic (exact) mass is 196 g/mol. The molecular formula is C10H12S2. The molecule has 1 aromatic rings. The highest BCUT2D eigenvalue weighted by atomic mass is 32.2. The molecule has 0 unspecified atom stereocenters. The Morgan fingerprint density at radius 1 is 1.25 bits per heavy atom. The van der Waals surface area contributed by atoms with Gasteiger partial charge in [-0.05, 0) is 19.4 Å². The molecule has 0 heterocycles. The van der Waals surface area contributed by atoms with Gasteiger partial charge in [-0.1, -0.05) is 42.5 Å². The molecule has 0 nitrogen and oxygen atoms in total. The second kappa shape index (κ2) is 4.06. The first-order valence-corrected chi connectivity index (χ1v) is 5.19. The SMILES string of the molecule is CC(C)(SC=S)c1ccccc1.